The van der Waals surface area contributed by atoms with Gasteiger partial charge in [-0.25, -0.2) is 14.3 Å². The number of rotatable bonds is 8. The second kappa shape index (κ2) is 13.5. The second-order valence-electron chi connectivity index (χ2n) is 13.5. The highest BCUT2D eigenvalue weighted by atomic mass is 16.5. The Morgan fingerprint density at radius 1 is 0.745 bits per heavy atom. The molecule has 7 aromatic rings. The zero-order chi connectivity index (χ0) is 34.1. The molecular formula is C43H38N6O2. The van der Waals surface area contributed by atoms with Gasteiger partial charge in [-0.3, -0.25) is 4.79 Å². The van der Waals surface area contributed by atoms with Crippen molar-refractivity contribution < 1.29 is 9.53 Å². The van der Waals surface area contributed by atoms with Gasteiger partial charge in [-0.2, -0.15) is 10.2 Å². The first-order chi connectivity index (χ1) is 25.2. The average Bonchev–Trinajstić information content (AvgIpc) is 3.93. The van der Waals surface area contributed by atoms with Crippen molar-refractivity contribution in [2.75, 3.05) is 6.61 Å². The highest BCUT2D eigenvalue weighted by molar-refractivity contribution is 5.99. The summed E-state index contributed by atoms with van der Waals surface area (Å²) in [4.78, 5) is 18.4. The molecule has 0 bridgehead atoms. The molecule has 1 N–H and O–H groups in total. The van der Waals surface area contributed by atoms with E-state index < -0.39 is 0 Å². The second-order valence-corrected chi connectivity index (χ2v) is 13.5. The molecule has 5 aromatic carbocycles. The minimum absolute atomic E-state index is 0.0733. The van der Waals surface area contributed by atoms with Gasteiger partial charge in [0, 0.05) is 34.7 Å². The van der Waals surface area contributed by atoms with Crippen LogP contribution in [0, 0.1) is 0 Å². The molecule has 0 radical (unpaired) electrons. The summed E-state index contributed by atoms with van der Waals surface area (Å²) in [5.41, 5.74) is 9.04. The van der Waals surface area contributed by atoms with E-state index >= 15 is 0 Å². The maximum Gasteiger partial charge on any atom is 0.251 e. The van der Waals surface area contributed by atoms with Gasteiger partial charge in [0.15, 0.2) is 12.1 Å². The molecule has 0 spiro atoms. The molecule has 1 aliphatic carbocycles. The number of ether oxygens (including phenoxy) is 1. The first-order valence-corrected chi connectivity index (χ1v) is 17.8. The van der Waals surface area contributed by atoms with Gasteiger partial charge in [0.2, 0.25) is 0 Å². The van der Waals surface area contributed by atoms with Crippen LogP contribution in [0.4, 0.5) is 0 Å². The molecule has 1 aliphatic heterocycles. The zero-order valence-corrected chi connectivity index (χ0v) is 28.2. The summed E-state index contributed by atoms with van der Waals surface area (Å²) in [6.45, 7) is 0.714. The average molecular weight is 671 g/mol. The highest BCUT2D eigenvalue weighted by Gasteiger charge is 2.26. The molecule has 252 valence electrons. The van der Waals surface area contributed by atoms with E-state index in [9.17, 15) is 4.79 Å². The standard InChI is InChI=1S/C43H38N6O2/c50-43(45-36-25-31-16-7-8-17-32(31)26-36)35-19-11-18-33(24-35)40-37-27-34(21-22-38(37)49(46-40)39-20-9-10-23-51-39)42-44-28-48(47-42)41(29-12-3-1-4-13-29)30-14-5-2-6-15-30/h1-8,11-19,21-22,24,27-28,36,39,41H,9-10,20,23,25-26H2,(H,45,50). The largest absolute Gasteiger partial charge is 0.356 e. The van der Waals surface area contributed by atoms with Crippen molar-refractivity contribution in [1.82, 2.24) is 29.9 Å². The Morgan fingerprint density at radius 3 is 2.18 bits per heavy atom. The lowest BCUT2D eigenvalue weighted by atomic mass is 9.99. The van der Waals surface area contributed by atoms with Crippen LogP contribution in [0.1, 0.15) is 64.1 Å². The molecule has 2 aliphatic rings. The summed E-state index contributed by atoms with van der Waals surface area (Å²) < 4.78 is 10.2. The molecule has 1 atom stereocenters. The van der Waals surface area contributed by atoms with Crippen LogP contribution < -0.4 is 5.32 Å². The monoisotopic (exact) mass is 670 g/mol. The van der Waals surface area contributed by atoms with Crippen LogP contribution in [-0.2, 0) is 17.6 Å². The van der Waals surface area contributed by atoms with Crippen molar-refractivity contribution in [2.45, 2.75) is 50.4 Å². The van der Waals surface area contributed by atoms with E-state index in [1.54, 1.807) is 0 Å². The van der Waals surface area contributed by atoms with E-state index in [0.717, 1.165) is 71.0 Å². The number of hydrogen-bond acceptors (Lipinski definition) is 5. The minimum Gasteiger partial charge on any atom is -0.356 e. The fourth-order valence-corrected chi connectivity index (χ4v) is 7.67. The van der Waals surface area contributed by atoms with Crippen molar-refractivity contribution in [1.29, 1.82) is 0 Å². The third kappa shape index (κ3) is 6.12. The van der Waals surface area contributed by atoms with Crippen molar-refractivity contribution in [3.05, 3.63) is 162 Å². The summed E-state index contributed by atoms with van der Waals surface area (Å²) >= 11 is 0. The summed E-state index contributed by atoms with van der Waals surface area (Å²) in [7, 11) is 0. The summed E-state index contributed by atoms with van der Waals surface area (Å²) in [5.74, 6) is 0.558. The van der Waals surface area contributed by atoms with Gasteiger partial charge in [-0.05, 0) is 84.7 Å². The molecule has 1 fully saturated rings. The maximum absolute atomic E-state index is 13.6. The lowest BCUT2D eigenvalue weighted by Gasteiger charge is -2.23. The molecular weight excluding hydrogens is 633 g/mol. The van der Waals surface area contributed by atoms with Gasteiger partial charge in [0.05, 0.1) is 5.52 Å². The van der Waals surface area contributed by atoms with Crippen molar-refractivity contribution in [2.24, 2.45) is 0 Å². The van der Waals surface area contributed by atoms with Crippen LogP contribution >= 0.6 is 0 Å². The van der Waals surface area contributed by atoms with Crippen LogP contribution in [0.15, 0.2) is 134 Å². The van der Waals surface area contributed by atoms with E-state index in [2.05, 4.69) is 96.3 Å². The number of nitrogens with one attached hydrogen (secondary N) is 1. The predicted octanol–water partition coefficient (Wildman–Crippen LogP) is 8.20. The third-order valence-electron chi connectivity index (χ3n) is 10.2. The molecule has 51 heavy (non-hydrogen) atoms. The van der Waals surface area contributed by atoms with Gasteiger partial charge < -0.3 is 10.1 Å². The van der Waals surface area contributed by atoms with E-state index in [0.29, 0.717) is 18.0 Å². The molecule has 2 aromatic heterocycles. The highest BCUT2D eigenvalue weighted by Crippen LogP contribution is 2.36. The molecule has 1 saturated heterocycles. The fraction of sp³-hybridized carbons (Fsp3) is 0.209. The minimum atomic E-state index is -0.147. The Kier molecular flexibility index (Phi) is 8.22. The van der Waals surface area contributed by atoms with Crippen LogP contribution in [0.2, 0.25) is 0 Å². The SMILES string of the molecule is O=C(NC1Cc2ccccc2C1)c1cccc(-c2nn(C3CCCCO3)c3ccc(-c4ncn(C(c5ccccc5)c5ccccc5)n4)cc23)c1. The smallest absolute Gasteiger partial charge is 0.251 e. The topological polar surface area (TPSA) is 86.9 Å². The lowest BCUT2D eigenvalue weighted by Crippen LogP contribution is -2.35. The third-order valence-corrected chi connectivity index (χ3v) is 10.2. The van der Waals surface area contributed by atoms with Crippen molar-refractivity contribution in [3.63, 3.8) is 0 Å². The Bertz CT molecular complexity index is 2260. The first kappa shape index (κ1) is 31.1. The van der Waals surface area contributed by atoms with Gasteiger partial charge in [-0.1, -0.05) is 97.1 Å². The number of amides is 1. The number of nitrogens with zero attached hydrogens (tertiary/aromatic N) is 5. The van der Waals surface area contributed by atoms with Crippen LogP contribution in [0.3, 0.4) is 0 Å². The predicted molar refractivity (Wildman–Crippen MR) is 198 cm³/mol. The summed E-state index contributed by atoms with van der Waals surface area (Å²) in [5, 5.41) is 14.5. The van der Waals surface area contributed by atoms with Crippen LogP contribution in [0.25, 0.3) is 33.5 Å². The van der Waals surface area contributed by atoms with E-state index in [1.807, 2.05) is 52.1 Å². The Labute approximate surface area is 296 Å². The van der Waals surface area contributed by atoms with E-state index in [1.165, 1.54) is 11.1 Å². The molecule has 8 heteroatoms. The number of carbonyl (C=O) groups excluding carboxylic acids is 1. The quantitative estimate of drug-likeness (QED) is 0.176. The number of fused-ring (bicyclic) bond motifs is 2. The van der Waals surface area contributed by atoms with Crippen LogP contribution in [-0.4, -0.2) is 43.1 Å². The zero-order valence-electron chi connectivity index (χ0n) is 28.2. The van der Waals surface area contributed by atoms with Gasteiger partial charge in [0.25, 0.3) is 5.91 Å². The Balaban J connectivity index is 1.07. The fourth-order valence-electron chi connectivity index (χ4n) is 7.67. The number of aromatic nitrogens is 5. The molecule has 9 rings (SSSR count). The number of hydrogen-bond donors (Lipinski definition) is 1. The lowest BCUT2D eigenvalue weighted by molar-refractivity contribution is -0.0365. The number of carbonyl (C=O) groups is 1. The maximum atomic E-state index is 13.6. The molecule has 0 saturated carbocycles. The Morgan fingerprint density at radius 2 is 1.47 bits per heavy atom. The molecule has 1 unspecified atom stereocenters. The number of benzene rings is 5. The Hall–Kier alpha value is -5.86. The molecule has 8 nitrogen and oxygen atoms in total. The van der Waals surface area contributed by atoms with Gasteiger partial charge >= 0.3 is 0 Å². The van der Waals surface area contributed by atoms with Crippen molar-refractivity contribution >= 4 is 16.8 Å². The van der Waals surface area contributed by atoms with Gasteiger partial charge in [-0.15, -0.1) is 0 Å². The van der Waals surface area contributed by atoms with Crippen LogP contribution in [0.5, 0.6) is 0 Å². The summed E-state index contributed by atoms with van der Waals surface area (Å²) in [6, 6.07) is 43.3. The van der Waals surface area contributed by atoms with E-state index in [-0.39, 0.29) is 24.2 Å². The van der Waals surface area contributed by atoms with E-state index in [4.69, 9.17) is 19.9 Å². The molecule has 1 amide bonds. The normalized spacial score (nSPS) is 16.1. The van der Waals surface area contributed by atoms with Gasteiger partial charge in [0.1, 0.15) is 18.1 Å². The first-order valence-electron chi connectivity index (χ1n) is 17.8. The molecule has 3 heterocycles. The van der Waals surface area contributed by atoms with Crippen molar-refractivity contribution in [3.8, 4) is 22.6 Å². The summed E-state index contributed by atoms with van der Waals surface area (Å²) in [6.07, 6.45) is 6.41.